The molecule has 0 aliphatic carbocycles. The Morgan fingerprint density at radius 2 is 1.81 bits per heavy atom. The second kappa shape index (κ2) is 7.62. The van der Waals surface area contributed by atoms with Crippen molar-refractivity contribution < 1.29 is 9.47 Å². The van der Waals surface area contributed by atoms with Crippen LogP contribution in [0, 0.1) is 13.8 Å². The van der Waals surface area contributed by atoms with Crippen molar-refractivity contribution in [3.8, 4) is 5.75 Å². The van der Waals surface area contributed by atoms with Crippen LogP contribution in [0.4, 0.5) is 5.82 Å². The molecular formula is C21H27N3O2. The van der Waals surface area contributed by atoms with Crippen LogP contribution in [0.1, 0.15) is 42.3 Å². The van der Waals surface area contributed by atoms with Gasteiger partial charge in [-0.15, -0.1) is 0 Å². The summed E-state index contributed by atoms with van der Waals surface area (Å²) in [4.78, 5) is 11.7. The van der Waals surface area contributed by atoms with E-state index in [0.717, 1.165) is 68.7 Å². The fourth-order valence-electron chi connectivity index (χ4n) is 3.73. The van der Waals surface area contributed by atoms with Crippen LogP contribution >= 0.6 is 0 Å². The molecule has 0 radical (unpaired) electrons. The van der Waals surface area contributed by atoms with E-state index in [2.05, 4.69) is 52.1 Å². The van der Waals surface area contributed by atoms with Gasteiger partial charge in [0.15, 0.2) is 0 Å². The van der Waals surface area contributed by atoms with Crippen molar-refractivity contribution in [3.63, 3.8) is 0 Å². The van der Waals surface area contributed by atoms with Crippen molar-refractivity contribution in [1.29, 1.82) is 0 Å². The van der Waals surface area contributed by atoms with Crippen molar-refractivity contribution in [1.82, 2.24) is 9.97 Å². The van der Waals surface area contributed by atoms with Crippen LogP contribution in [0.3, 0.4) is 0 Å². The standard InChI is InChI=1S/C21H27N3O2/c1-15-3-5-18(6-4-15)26-19-7-10-24(11-8-19)21-13-20(22-16(2)23-21)17-9-12-25-14-17/h3-6,13,17,19H,7-12,14H2,1-2H3/t17-/m0/s1. The third kappa shape index (κ3) is 3.98. The zero-order valence-electron chi connectivity index (χ0n) is 15.6. The topological polar surface area (TPSA) is 47.5 Å². The van der Waals surface area contributed by atoms with Crippen molar-refractivity contribution in [2.75, 3.05) is 31.2 Å². The Labute approximate surface area is 155 Å². The predicted molar refractivity (Wildman–Crippen MR) is 102 cm³/mol. The van der Waals surface area contributed by atoms with Gasteiger partial charge in [0.1, 0.15) is 23.5 Å². The molecule has 2 aliphatic rings. The summed E-state index contributed by atoms with van der Waals surface area (Å²) in [6.45, 7) is 7.63. The lowest BCUT2D eigenvalue weighted by Crippen LogP contribution is -2.39. The SMILES string of the molecule is Cc1ccc(OC2CCN(c3cc([C@H]4CCOC4)nc(C)n3)CC2)cc1. The van der Waals surface area contributed by atoms with Crippen molar-refractivity contribution >= 4 is 5.82 Å². The van der Waals surface area contributed by atoms with E-state index in [0.29, 0.717) is 5.92 Å². The molecular weight excluding hydrogens is 326 g/mol. The Bertz CT molecular complexity index is 733. The summed E-state index contributed by atoms with van der Waals surface area (Å²) in [6.07, 6.45) is 3.36. The zero-order chi connectivity index (χ0) is 17.9. The molecule has 26 heavy (non-hydrogen) atoms. The van der Waals surface area contributed by atoms with Gasteiger partial charge in [-0.1, -0.05) is 17.7 Å². The second-order valence-electron chi connectivity index (χ2n) is 7.38. The first kappa shape index (κ1) is 17.3. The van der Waals surface area contributed by atoms with E-state index in [-0.39, 0.29) is 6.10 Å². The number of aromatic nitrogens is 2. The summed E-state index contributed by atoms with van der Waals surface area (Å²) in [5, 5.41) is 0. The summed E-state index contributed by atoms with van der Waals surface area (Å²) in [5.74, 6) is 3.28. The minimum absolute atomic E-state index is 0.277. The zero-order valence-corrected chi connectivity index (χ0v) is 15.6. The van der Waals surface area contributed by atoms with Crippen molar-refractivity contribution in [2.24, 2.45) is 0 Å². The molecule has 138 valence electrons. The molecule has 0 amide bonds. The molecule has 4 rings (SSSR count). The van der Waals surface area contributed by atoms with Gasteiger partial charge < -0.3 is 14.4 Å². The highest BCUT2D eigenvalue weighted by Gasteiger charge is 2.24. The molecule has 1 aromatic heterocycles. The molecule has 0 saturated carbocycles. The van der Waals surface area contributed by atoms with Gasteiger partial charge in [0, 0.05) is 44.5 Å². The average molecular weight is 353 g/mol. The second-order valence-corrected chi connectivity index (χ2v) is 7.38. The number of nitrogens with zero attached hydrogens (tertiary/aromatic N) is 3. The number of ether oxygens (including phenoxy) is 2. The Kier molecular flexibility index (Phi) is 5.07. The Morgan fingerprint density at radius 1 is 1.04 bits per heavy atom. The number of benzene rings is 1. The predicted octanol–water partition coefficient (Wildman–Crippen LogP) is 3.65. The maximum atomic E-state index is 6.15. The molecule has 5 nitrogen and oxygen atoms in total. The van der Waals surface area contributed by atoms with E-state index in [1.165, 1.54) is 5.56 Å². The first-order valence-corrected chi connectivity index (χ1v) is 9.59. The van der Waals surface area contributed by atoms with E-state index >= 15 is 0 Å². The molecule has 3 heterocycles. The van der Waals surface area contributed by atoms with E-state index in [1.807, 2.05) is 6.92 Å². The van der Waals surface area contributed by atoms with Gasteiger partial charge in [-0.3, -0.25) is 0 Å². The van der Waals surface area contributed by atoms with Gasteiger partial charge in [0.25, 0.3) is 0 Å². The van der Waals surface area contributed by atoms with Crippen LogP contribution in [-0.2, 0) is 4.74 Å². The van der Waals surface area contributed by atoms with Crippen LogP contribution in [-0.4, -0.2) is 42.4 Å². The lowest BCUT2D eigenvalue weighted by atomic mass is 10.0. The summed E-state index contributed by atoms with van der Waals surface area (Å²) in [7, 11) is 0. The molecule has 5 heteroatoms. The smallest absolute Gasteiger partial charge is 0.132 e. The lowest BCUT2D eigenvalue weighted by molar-refractivity contribution is 0.170. The average Bonchev–Trinajstić information content (AvgIpc) is 3.19. The van der Waals surface area contributed by atoms with Gasteiger partial charge in [0.2, 0.25) is 0 Å². The molecule has 0 spiro atoms. The minimum atomic E-state index is 0.277. The number of aryl methyl sites for hydroxylation is 2. The third-order valence-electron chi connectivity index (χ3n) is 5.28. The van der Waals surface area contributed by atoms with Crippen molar-refractivity contribution in [2.45, 2.75) is 45.1 Å². The van der Waals surface area contributed by atoms with Crippen LogP contribution in [0.2, 0.25) is 0 Å². The molecule has 1 atom stereocenters. The van der Waals surface area contributed by atoms with Gasteiger partial charge in [0.05, 0.1) is 12.3 Å². The number of anilines is 1. The minimum Gasteiger partial charge on any atom is -0.490 e. The van der Waals surface area contributed by atoms with Gasteiger partial charge in [-0.05, 0) is 32.4 Å². The Morgan fingerprint density at radius 3 is 2.50 bits per heavy atom. The van der Waals surface area contributed by atoms with Crippen molar-refractivity contribution in [3.05, 3.63) is 47.4 Å². The van der Waals surface area contributed by atoms with Gasteiger partial charge in [-0.25, -0.2) is 9.97 Å². The number of hydrogen-bond donors (Lipinski definition) is 0. The molecule has 0 unspecified atom stereocenters. The first-order chi connectivity index (χ1) is 12.7. The highest BCUT2D eigenvalue weighted by Crippen LogP contribution is 2.28. The normalized spacial score (nSPS) is 21.2. The largest absolute Gasteiger partial charge is 0.490 e. The molecule has 1 aromatic carbocycles. The maximum absolute atomic E-state index is 6.15. The lowest BCUT2D eigenvalue weighted by Gasteiger charge is -2.33. The molecule has 0 N–H and O–H groups in total. The molecule has 2 aromatic rings. The summed E-state index contributed by atoms with van der Waals surface area (Å²) >= 11 is 0. The summed E-state index contributed by atoms with van der Waals surface area (Å²) in [6, 6.07) is 10.5. The molecule has 2 saturated heterocycles. The van der Waals surface area contributed by atoms with Gasteiger partial charge >= 0.3 is 0 Å². The van der Waals surface area contributed by atoms with E-state index in [4.69, 9.17) is 9.47 Å². The Balaban J connectivity index is 1.39. The Hall–Kier alpha value is -2.14. The maximum Gasteiger partial charge on any atom is 0.132 e. The fourth-order valence-corrected chi connectivity index (χ4v) is 3.73. The molecule has 2 aliphatic heterocycles. The van der Waals surface area contributed by atoms with E-state index in [9.17, 15) is 0 Å². The molecule has 0 bridgehead atoms. The number of hydrogen-bond acceptors (Lipinski definition) is 5. The van der Waals surface area contributed by atoms with Gasteiger partial charge in [-0.2, -0.15) is 0 Å². The summed E-state index contributed by atoms with van der Waals surface area (Å²) in [5.41, 5.74) is 2.39. The van der Waals surface area contributed by atoms with Crippen LogP contribution < -0.4 is 9.64 Å². The third-order valence-corrected chi connectivity index (χ3v) is 5.28. The van der Waals surface area contributed by atoms with Crippen LogP contribution in [0.5, 0.6) is 5.75 Å². The first-order valence-electron chi connectivity index (χ1n) is 9.59. The fraction of sp³-hybridized carbons (Fsp3) is 0.524. The summed E-state index contributed by atoms with van der Waals surface area (Å²) < 4.78 is 11.7. The number of piperidine rings is 1. The van der Waals surface area contributed by atoms with E-state index in [1.54, 1.807) is 0 Å². The highest BCUT2D eigenvalue weighted by molar-refractivity contribution is 5.41. The number of rotatable bonds is 4. The quantitative estimate of drug-likeness (QED) is 0.840. The van der Waals surface area contributed by atoms with Crippen LogP contribution in [0.25, 0.3) is 0 Å². The molecule has 2 fully saturated rings. The van der Waals surface area contributed by atoms with E-state index < -0.39 is 0 Å². The van der Waals surface area contributed by atoms with Crippen LogP contribution in [0.15, 0.2) is 30.3 Å². The highest BCUT2D eigenvalue weighted by atomic mass is 16.5. The monoisotopic (exact) mass is 353 g/mol.